The average molecular weight is 383 g/mol. The van der Waals surface area contributed by atoms with Gasteiger partial charge in [-0.3, -0.25) is 4.79 Å². The van der Waals surface area contributed by atoms with E-state index in [2.05, 4.69) is 40.4 Å². The minimum absolute atomic E-state index is 0.163. The Morgan fingerprint density at radius 1 is 0.966 bits per heavy atom. The van der Waals surface area contributed by atoms with Gasteiger partial charge in [0, 0.05) is 11.1 Å². The van der Waals surface area contributed by atoms with Gasteiger partial charge in [-0.25, -0.2) is 9.50 Å². The Balaban J connectivity index is 1.56. The number of aromatic nitrogens is 3. The second kappa shape index (κ2) is 6.53. The van der Waals surface area contributed by atoms with Crippen LogP contribution in [-0.4, -0.2) is 20.5 Å². The number of primary amides is 1. The lowest BCUT2D eigenvalue weighted by Crippen LogP contribution is -2.43. The summed E-state index contributed by atoms with van der Waals surface area (Å²) in [5.74, 6) is -0.563. The van der Waals surface area contributed by atoms with Gasteiger partial charge in [0.1, 0.15) is 5.69 Å². The molecule has 6 heteroatoms. The average Bonchev–Trinajstić information content (AvgIpc) is 3.15. The Bertz CT molecular complexity index is 1220. The maximum absolute atomic E-state index is 11.4. The number of hydrogen-bond acceptors (Lipinski definition) is 4. The maximum Gasteiger partial charge on any atom is 0.269 e. The first-order valence-corrected chi connectivity index (χ1v) is 9.69. The molecule has 2 aromatic heterocycles. The van der Waals surface area contributed by atoms with E-state index in [1.807, 2.05) is 24.4 Å². The molecule has 29 heavy (non-hydrogen) atoms. The summed E-state index contributed by atoms with van der Waals surface area (Å²) >= 11 is 0. The van der Waals surface area contributed by atoms with Gasteiger partial charge in [-0.05, 0) is 48.1 Å². The highest BCUT2D eigenvalue weighted by Gasteiger charge is 2.34. The molecule has 0 saturated heterocycles. The van der Waals surface area contributed by atoms with E-state index in [0.29, 0.717) is 5.65 Å². The normalized spacial score (nSPS) is 15.2. The van der Waals surface area contributed by atoms with Crippen molar-refractivity contribution in [2.24, 2.45) is 11.5 Å². The lowest BCUT2D eigenvalue weighted by Gasteiger charge is -2.38. The molecule has 1 saturated carbocycles. The number of carbonyl (C=O) groups is 1. The Kier molecular flexibility index (Phi) is 3.96. The first kappa shape index (κ1) is 17.6. The van der Waals surface area contributed by atoms with E-state index < -0.39 is 5.91 Å². The second-order valence-corrected chi connectivity index (χ2v) is 7.64. The molecule has 0 spiro atoms. The van der Waals surface area contributed by atoms with Crippen molar-refractivity contribution in [1.82, 2.24) is 14.6 Å². The highest BCUT2D eigenvalue weighted by atomic mass is 16.1. The quantitative estimate of drug-likeness (QED) is 0.563. The first-order valence-electron chi connectivity index (χ1n) is 9.69. The molecular weight excluding hydrogens is 362 g/mol. The molecule has 1 aliphatic rings. The SMILES string of the molecule is NC(=O)c1ccc2nc(-c3ccccc3-c3ccc(C4(N)CCC4)cc3)cn2n1. The van der Waals surface area contributed by atoms with E-state index in [9.17, 15) is 4.79 Å². The van der Waals surface area contributed by atoms with Crippen molar-refractivity contribution in [2.75, 3.05) is 0 Å². The summed E-state index contributed by atoms with van der Waals surface area (Å²) in [6.07, 6.45) is 5.10. The van der Waals surface area contributed by atoms with Gasteiger partial charge in [-0.2, -0.15) is 5.10 Å². The fourth-order valence-corrected chi connectivity index (χ4v) is 3.93. The van der Waals surface area contributed by atoms with Crippen molar-refractivity contribution in [1.29, 1.82) is 0 Å². The molecule has 1 fully saturated rings. The van der Waals surface area contributed by atoms with Crippen LogP contribution in [0.4, 0.5) is 0 Å². The molecule has 144 valence electrons. The van der Waals surface area contributed by atoms with Crippen molar-refractivity contribution >= 4 is 11.6 Å². The minimum Gasteiger partial charge on any atom is -0.364 e. The number of benzene rings is 2. The summed E-state index contributed by atoms with van der Waals surface area (Å²) in [5, 5.41) is 4.24. The summed E-state index contributed by atoms with van der Waals surface area (Å²) in [5.41, 5.74) is 17.7. The minimum atomic E-state index is -0.563. The number of nitrogens with two attached hydrogens (primary N) is 2. The zero-order valence-electron chi connectivity index (χ0n) is 15.9. The molecule has 0 aliphatic heterocycles. The summed E-state index contributed by atoms with van der Waals surface area (Å²) < 4.78 is 1.59. The predicted molar refractivity (Wildman–Crippen MR) is 112 cm³/mol. The Labute approximate surface area is 168 Å². The van der Waals surface area contributed by atoms with E-state index in [-0.39, 0.29) is 11.2 Å². The van der Waals surface area contributed by atoms with Crippen LogP contribution in [0.25, 0.3) is 28.0 Å². The zero-order chi connectivity index (χ0) is 20.0. The van der Waals surface area contributed by atoms with Gasteiger partial charge in [0.05, 0.1) is 11.9 Å². The third-order valence-corrected chi connectivity index (χ3v) is 5.79. The fraction of sp³-hybridized carbons (Fsp3) is 0.174. The Morgan fingerprint density at radius 3 is 2.34 bits per heavy atom. The largest absolute Gasteiger partial charge is 0.364 e. The van der Waals surface area contributed by atoms with Gasteiger partial charge in [-0.1, -0.05) is 48.5 Å². The molecule has 0 radical (unpaired) electrons. The van der Waals surface area contributed by atoms with Gasteiger partial charge >= 0.3 is 0 Å². The lowest BCUT2D eigenvalue weighted by molar-refractivity contribution is 0.0994. The number of imidazole rings is 1. The summed E-state index contributed by atoms with van der Waals surface area (Å²) in [4.78, 5) is 16.1. The molecule has 4 N–H and O–H groups in total. The molecule has 5 rings (SSSR count). The van der Waals surface area contributed by atoms with Crippen molar-refractivity contribution in [3.63, 3.8) is 0 Å². The van der Waals surface area contributed by atoms with Crippen LogP contribution < -0.4 is 11.5 Å². The van der Waals surface area contributed by atoms with Crippen LogP contribution in [0, 0.1) is 0 Å². The molecule has 2 heterocycles. The van der Waals surface area contributed by atoms with Crippen LogP contribution in [-0.2, 0) is 5.54 Å². The predicted octanol–water partition coefficient (Wildman–Crippen LogP) is 3.50. The molecule has 1 aliphatic carbocycles. The van der Waals surface area contributed by atoms with E-state index in [1.54, 1.807) is 16.6 Å². The monoisotopic (exact) mass is 383 g/mol. The summed E-state index contributed by atoms with van der Waals surface area (Å²) in [6.45, 7) is 0. The third-order valence-electron chi connectivity index (χ3n) is 5.79. The van der Waals surface area contributed by atoms with Gasteiger partial charge in [0.2, 0.25) is 0 Å². The molecule has 6 nitrogen and oxygen atoms in total. The molecular formula is C23H21N5O. The molecule has 0 atom stereocenters. The van der Waals surface area contributed by atoms with Crippen LogP contribution in [0.1, 0.15) is 35.3 Å². The lowest BCUT2D eigenvalue weighted by atomic mass is 9.72. The molecule has 2 aromatic carbocycles. The van der Waals surface area contributed by atoms with E-state index in [0.717, 1.165) is 35.2 Å². The van der Waals surface area contributed by atoms with Gasteiger partial charge in [0.25, 0.3) is 5.91 Å². The first-order chi connectivity index (χ1) is 14.0. The van der Waals surface area contributed by atoms with E-state index in [4.69, 9.17) is 11.5 Å². The molecule has 4 aromatic rings. The van der Waals surface area contributed by atoms with Crippen LogP contribution in [0.3, 0.4) is 0 Å². The van der Waals surface area contributed by atoms with Crippen molar-refractivity contribution in [3.05, 3.63) is 78.1 Å². The standard InChI is InChI=1S/C23H21N5O/c24-22(29)19-10-11-21-26-20(14-28(21)27-19)18-5-2-1-4-17(18)15-6-8-16(9-7-15)23(25)12-3-13-23/h1-2,4-11,14H,3,12-13,25H2,(H2,24,29). The molecule has 1 amide bonds. The zero-order valence-corrected chi connectivity index (χ0v) is 15.9. The van der Waals surface area contributed by atoms with Crippen LogP contribution >= 0.6 is 0 Å². The fourth-order valence-electron chi connectivity index (χ4n) is 3.93. The van der Waals surface area contributed by atoms with Crippen molar-refractivity contribution in [2.45, 2.75) is 24.8 Å². The maximum atomic E-state index is 11.4. The smallest absolute Gasteiger partial charge is 0.269 e. The number of amides is 1. The van der Waals surface area contributed by atoms with E-state index in [1.165, 1.54) is 12.0 Å². The Morgan fingerprint density at radius 2 is 1.69 bits per heavy atom. The van der Waals surface area contributed by atoms with Gasteiger partial charge < -0.3 is 11.5 Å². The molecule has 0 bridgehead atoms. The number of rotatable bonds is 4. The number of carbonyl (C=O) groups excluding carboxylic acids is 1. The van der Waals surface area contributed by atoms with Gasteiger partial charge in [0.15, 0.2) is 5.65 Å². The van der Waals surface area contributed by atoms with E-state index >= 15 is 0 Å². The van der Waals surface area contributed by atoms with Crippen molar-refractivity contribution < 1.29 is 4.79 Å². The number of fused-ring (bicyclic) bond motifs is 1. The van der Waals surface area contributed by atoms with Crippen molar-refractivity contribution in [3.8, 4) is 22.4 Å². The Hall–Kier alpha value is -3.51. The summed E-state index contributed by atoms with van der Waals surface area (Å²) in [7, 11) is 0. The number of nitrogens with zero attached hydrogens (tertiary/aromatic N) is 3. The summed E-state index contributed by atoms with van der Waals surface area (Å²) in [6, 6.07) is 20.0. The van der Waals surface area contributed by atoms with Crippen LogP contribution in [0.5, 0.6) is 0 Å². The highest BCUT2D eigenvalue weighted by Crippen LogP contribution is 2.40. The van der Waals surface area contributed by atoms with Gasteiger partial charge in [-0.15, -0.1) is 0 Å². The van der Waals surface area contributed by atoms with Crippen LogP contribution in [0.15, 0.2) is 66.9 Å². The number of hydrogen-bond donors (Lipinski definition) is 2. The third kappa shape index (κ3) is 2.98. The molecule has 0 unspecified atom stereocenters. The topological polar surface area (TPSA) is 99.3 Å². The second-order valence-electron chi connectivity index (χ2n) is 7.64. The van der Waals surface area contributed by atoms with Crippen LogP contribution in [0.2, 0.25) is 0 Å². The highest BCUT2D eigenvalue weighted by molar-refractivity contribution is 5.90.